The van der Waals surface area contributed by atoms with Crippen LogP contribution in [0.2, 0.25) is 0 Å². The van der Waals surface area contributed by atoms with Crippen LogP contribution in [0.1, 0.15) is 92.9 Å². The monoisotopic (exact) mass is 415 g/mol. The van der Waals surface area contributed by atoms with Crippen LogP contribution in [0.25, 0.3) is 0 Å². The van der Waals surface area contributed by atoms with Crippen LogP contribution in [0.4, 0.5) is 4.79 Å². The van der Waals surface area contributed by atoms with Crippen molar-refractivity contribution in [1.82, 2.24) is 5.32 Å². The van der Waals surface area contributed by atoms with E-state index in [-0.39, 0.29) is 17.6 Å². The Morgan fingerprint density at radius 1 is 1.10 bits per heavy atom. The van der Waals surface area contributed by atoms with E-state index < -0.39 is 5.60 Å². The minimum atomic E-state index is -0.454. The summed E-state index contributed by atoms with van der Waals surface area (Å²) < 4.78 is 5.49. The Kier molecular flexibility index (Phi) is 5.38. The number of hydrogen-bond acceptors (Lipinski definition) is 3. The van der Waals surface area contributed by atoms with Crippen molar-refractivity contribution < 1.29 is 14.3 Å². The molecule has 4 heteroatoms. The highest BCUT2D eigenvalue weighted by Crippen LogP contribution is 2.66. The second kappa shape index (κ2) is 7.38. The fraction of sp³-hybridized carbons (Fsp3) is 0.846. The van der Waals surface area contributed by atoms with Gasteiger partial charge in [0.15, 0.2) is 5.78 Å². The number of ether oxygens (including phenoxy) is 1. The Hall–Kier alpha value is -1.32. The lowest BCUT2D eigenvalue weighted by Crippen LogP contribution is -2.55. The van der Waals surface area contributed by atoms with Gasteiger partial charge in [-0.25, -0.2) is 4.79 Å². The summed E-state index contributed by atoms with van der Waals surface area (Å²) in [7, 11) is 0. The summed E-state index contributed by atoms with van der Waals surface area (Å²) in [6.07, 6.45) is 10.8. The molecule has 4 saturated carbocycles. The number of ketones is 1. The molecule has 0 bridgehead atoms. The second-order valence-corrected chi connectivity index (χ2v) is 12.1. The number of fused-ring (bicyclic) bond motifs is 5. The lowest BCUT2D eigenvalue weighted by atomic mass is 9.45. The SMILES string of the molecule is C/C=C1/C(=O)C[C@H]2[C@@H]3CCC4C[C@@H](NC(=O)OC(C)(C)C)CC[C@]4(C)[C@H]3CC[C@]12C. The number of alkyl carbamates (subject to hydrolysis) is 1. The average Bonchev–Trinajstić information content (AvgIpc) is 2.90. The predicted molar refractivity (Wildman–Crippen MR) is 119 cm³/mol. The van der Waals surface area contributed by atoms with E-state index >= 15 is 0 Å². The van der Waals surface area contributed by atoms with Crippen LogP contribution >= 0.6 is 0 Å². The first-order valence-electron chi connectivity index (χ1n) is 12.2. The fourth-order valence-electron chi connectivity index (χ4n) is 8.01. The van der Waals surface area contributed by atoms with Gasteiger partial charge in [0.25, 0.3) is 0 Å². The van der Waals surface area contributed by atoms with Gasteiger partial charge in [0.1, 0.15) is 5.60 Å². The molecule has 0 aromatic heterocycles. The van der Waals surface area contributed by atoms with Gasteiger partial charge < -0.3 is 10.1 Å². The van der Waals surface area contributed by atoms with Gasteiger partial charge >= 0.3 is 6.09 Å². The highest BCUT2D eigenvalue weighted by molar-refractivity contribution is 5.99. The van der Waals surface area contributed by atoms with E-state index in [9.17, 15) is 9.59 Å². The van der Waals surface area contributed by atoms with Crippen LogP contribution in [0.3, 0.4) is 0 Å². The Morgan fingerprint density at radius 2 is 1.83 bits per heavy atom. The first-order valence-corrected chi connectivity index (χ1v) is 12.2. The van der Waals surface area contributed by atoms with Crippen molar-refractivity contribution >= 4 is 11.9 Å². The smallest absolute Gasteiger partial charge is 0.407 e. The van der Waals surface area contributed by atoms with E-state index in [1.807, 2.05) is 27.7 Å². The molecule has 0 spiro atoms. The number of carbonyl (C=O) groups excluding carboxylic acids is 2. The van der Waals surface area contributed by atoms with E-state index in [1.165, 1.54) is 25.7 Å². The summed E-state index contributed by atoms with van der Waals surface area (Å²) in [6.45, 7) is 12.7. The van der Waals surface area contributed by atoms with E-state index in [4.69, 9.17) is 4.74 Å². The summed E-state index contributed by atoms with van der Waals surface area (Å²) in [4.78, 5) is 25.0. The van der Waals surface area contributed by atoms with Crippen molar-refractivity contribution in [1.29, 1.82) is 0 Å². The minimum absolute atomic E-state index is 0.103. The molecule has 4 aliphatic carbocycles. The molecule has 0 heterocycles. The number of amides is 1. The summed E-state index contributed by atoms with van der Waals surface area (Å²) in [5.74, 6) is 3.01. The van der Waals surface area contributed by atoms with Gasteiger partial charge in [-0.1, -0.05) is 19.9 Å². The molecule has 1 unspecified atom stereocenters. The molecular formula is C26H41NO3. The highest BCUT2D eigenvalue weighted by Gasteiger charge is 2.60. The molecule has 0 aliphatic heterocycles. The molecule has 4 fully saturated rings. The number of nitrogens with one attached hydrogen (secondary N) is 1. The summed E-state index contributed by atoms with van der Waals surface area (Å²) in [5.41, 5.74) is 1.11. The van der Waals surface area contributed by atoms with Crippen LogP contribution in [-0.2, 0) is 9.53 Å². The van der Waals surface area contributed by atoms with Gasteiger partial charge in [0.05, 0.1) is 0 Å². The van der Waals surface area contributed by atoms with E-state index in [0.717, 1.165) is 37.2 Å². The quantitative estimate of drug-likeness (QED) is 0.531. The maximum absolute atomic E-state index is 12.7. The zero-order valence-corrected chi connectivity index (χ0v) is 19.8. The topological polar surface area (TPSA) is 55.4 Å². The third-order valence-electron chi connectivity index (χ3n) is 9.39. The van der Waals surface area contributed by atoms with E-state index in [2.05, 4.69) is 25.2 Å². The molecular weight excluding hydrogens is 374 g/mol. The van der Waals surface area contributed by atoms with Crippen LogP contribution in [0.5, 0.6) is 0 Å². The predicted octanol–water partition coefficient (Wildman–Crippen LogP) is 6.05. The number of hydrogen-bond donors (Lipinski definition) is 1. The molecule has 7 atom stereocenters. The summed E-state index contributed by atoms with van der Waals surface area (Å²) >= 11 is 0. The summed E-state index contributed by atoms with van der Waals surface area (Å²) in [6, 6.07) is 0.228. The van der Waals surface area contributed by atoms with Crippen molar-refractivity contribution in [3.8, 4) is 0 Å². The molecule has 0 aromatic rings. The Balaban J connectivity index is 1.46. The third kappa shape index (κ3) is 3.52. The van der Waals surface area contributed by atoms with Crippen LogP contribution in [0.15, 0.2) is 11.6 Å². The lowest BCUT2D eigenvalue weighted by molar-refractivity contribution is -0.116. The molecule has 0 aromatic carbocycles. The van der Waals surface area contributed by atoms with Gasteiger partial charge in [-0.3, -0.25) is 4.79 Å². The van der Waals surface area contributed by atoms with Crippen molar-refractivity contribution in [3.05, 3.63) is 11.6 Å². The second-order valence-electron chi connectivity index (χ2n) is 12.1. The van der Waals surface area contributed by atoms with Crippen molar-refractivity contribution in [2.24, 2.45) is 34.5 Å². The standard InChI is InChI=1S/C26H41NO3/c1-7-19-22(28)15-21-18-9-8-16-14-17(27-23(29)30-24(2,3)4)10-12-25(16,5)20(18)11-13-26(19,21)6/h7,16-18,20-21H,8-15H2,1-6H3,(H,27,29)/b19-7-/t16?,17-,18+,20-,21-,25-,26+/m0/s1. The van der Waals surface area contributed by atoms with Gasteiger partial charge in [0.2, 0.25) is 0 Å². The van der Waals surface area contributed by atoms with E-state index in [0.29, 0.717) is 29.0 Å². The highest BCUT2D eigenvalue weighted by atomic mass is 16.6. The Labute approximate surface area is 182 Å². The maximum atomic E-state index is 12.7. The normalized spacial score (nSPS) is 44.8. The van der Waals surface area contributed by atoms with Crippen molar-refractivity contribution in [2.75, 3.05) is 0 Å². The van der Waals surface area contributed by atoms with Gasteiger partial charge in [0, 0.05) is 12.5 Å². The van der Waals surface area contributed by atoms with Gasteiger partial charge in [-0.2, -0.15) is 0 Å². The van der Waals surface area contributed by atoms with Crippen molar-refractivity contribution in [3.63, 3.8) is 0 Å². The molecule has 30 heavy (non-hydrogen) atoms. The van der Waals surface area contributed by atoms with Crippen LogP contribution in [-0.4, -0.2) is 23.5 Å². The summed E-state index contributed by atoms with van der Waals surface area (Å²) in [5, 5.41) is 3.15. The van der Waals surface area contributed by atoms with Crippen LogP contribution in [0, 0.1) is 34.5 Å². The zero-order valence-electron chi connectivity index (χ0n) is 19.8. The zero-order chi connectivity index (χ0) is 21.9. The van der Waals surface area contributed by atoms with Crippen LogP contribution < -0.4 is 5.32 Å². The number of allylic oxidation sites excluding steroid dienone is 2. The van der Waals surface area contributed by atoms with Gasteiger partial charge in [-0.15, -0.1) is 0 Å². The Bertz CT molecular complexity index is 750. The molecule has 4 aliphatic rings. The first kappa shape index (κ1) is 21.9. The molecule has 168 valence electrons. The number of Topliss-reactive ketones (excluding diaryl/α,β-unsaturated/α-hetero) is 1. The maximum Gasteiger partial charge on any atom is 0.407 e. The number of rotatable bonds is 1. The lowest BCUT2D eigenvalue weighted by Gasteiger charge is -2.60. The van der Waals surface area contributed by atoms with E-state index in [1.54, 1.807) is 0 Å². The van der Waals surface area contributed by atoms with Crippen molar-refractivity contribution in [2.45, 2.75) is 105 Å². The fourth-order valence-corrected chi connectivity index (χ4v) is 8.01. The minimum Gasteiger partial charge on any atom is -0.444 e. The third-order valence-corrected chi connectivity index (χ3v) is 9.39. The largest absolute Gasteiger partial charge is 0.444 e. The molecule has 4 nitrogen and oxygen atoms in total. The van der Waals surface area contributed by atoms with Gasteiger partial charge in [-0.05, 0) is 113 Å². The Morgan fingerprint density at radius 3 is 2.50 bits per heavy atom. The molecule has 0 saturated heterocycles. The molecule has 4 rings (SSSR count). The number of carbonyl (C=O) groups is 2. The molecule has 1 N–H and O–H groups in total. The average molecular weight is 416 g/mol. The molecule has 0 radical (unpaired) electrons. The molecule has 1 amide bonds. The first-order chi connectivity index (χ1) is 14.0.